The van der Waals surface area contributed by atoms with Gasteiger partial charge in [0, 0.05) is 47.3 Å². The number of aryl methyl sites for hydroxylation is 1. The van der Waals surface area contributed by atoms with Crippen LogP contribution in [0.2, 0.25) is 0 Å². The molecule has 0 radical (unpaired) electrons. The lowest BCUT2D eigenvalue weighted by molar-refractivity contribution is -0.139. The highest BCUT2D eigenvalue weighted by Crippen LogP contribution is 2.33. The summed E-state index contributed by atoms with van der Waals surface area (Å²) in [6, 6.07) is 20.4. The summed E-state index contributed by atoms with van der Waals surface area (Å²) in [5.74, 6) is -0.279. The Balaban J connectivity index is 1.46. The maximum absolute atomic E-state index is 11.3. The number of pyridine rings is 3. The van der Waals surface area contributed by atoms with Crippen molar-refractivity contribution in [2.45, 2.75) is 13.5 Å². The van der Waals surface area contributed by atoms with Crippen LogP contribution in [-0.2, 0) is 16.1 Å². The van der Waals surface area contributed by atoms with E-state index in [-0.39, 0.29) is 12.5 Å². The number of ether oxygens (including phenoxy) is 1. The van der Waals surface area contributed by atoms with E-state index in [0.29, 0.717) is 6.54 Å². The van der Waals surface area contributed by atoms with Gasteiger partial charge in [0.2, 0.25) is 0 Å². The molecule has 7 nitrogen and oxygen atoms in total. The van der Waals surface area contributed by atoms with Gasteiger partial charge in [-0.2, -0.15) is 0 Å². The van der Waals surface area contributed by atoms with Gasteiger partial charge in [0.25, 0.3) is 0 Å². The number of nitrogens with zero attached hydrogens (tertiary/aromatic N) is 3. The number of hydrogen-bond donors (Lipinski definition) is 2. The van der Waals surface area contributed by atoms with Crippen LogP contribution in [0, 0.1) is 6.92 Å². The minimum Gasteiger partial charge on any atom is -0.468 e. The third kappa shape index (κ3) is 4.95. The zero-order valence-corrected chi connectivity index (χ0v) is 19.6. The standard InChI is InChI=1S/C28H25N5O2/c1-18-4-3-5-25(32-18)26-13-24(23-10-11-31-28(23)33-26)22-12-21(15-30-16-22)20-8-6-19(7-9-20)14-29-17-27(34)35-2/h3-13,15-16,29H,14,17H2,1-2H3,(H,31,33). The van der Waals surface area contributed by atoms with Gasteiger partial charge in [-0.3, -0.25) is 14.8 Å². The fraction of sp³-hybridized carbons (Fsp3) is 0.143. The number of methoxy groups -OCH3 is 1. The summed E-state index contributed by atoms with van der Waals surface area (Å²) in [5.41, 5.74) is 8.64. The lowest BCUT2D eigenvalue weighted by Crippen LogP contribution is -2.23. The molecule has 4 heterocycles. The molecule has 35 heavy (non-hydrogen) atoms. The van der Waals surface area contributed by atoms with Gasteiger partial charge in [0.15, 0.2) is 0 Å². The van der Waals surface area contributed by atoms with Gasteiger partial charge in [-0.1, -0.05) is 30.3 Å². The van der Waals surface area contributed by atoms with Crippen LogP contribution in [0.3, 0.4) is 0 Å². The Labute approximate surface area is 203 Å². The minimum atomic E-state index is -0.279. The number of carbonyl (C=O) groups excluding carboxylic acids is 1. The quantitative estimate of drug-likeness (QED) is 0.333. The summed E-state index contributed by atoms with van der Waals surface area (Å²) >= 11 is 0. The number of H-pyrrole nitrogens is 1. The van der Waals surface area contributed by atoms with E-state index < -0.39 is 0 Å². The van der Waals surface area contributed by atoms with Gasteiger partial charge < -0.3 is 15.0 Å². The summed E-state index contributed by atoms with van der Waals surface area (Å²) in [7, 11) is 1.38. The van der Waals surface area contributed by atoms with Crippen molar-refractivity contribution in [1.82, 2.24) is 25.3 Å². The van der Waals surface area contributed by atoms with Crippen LogP contribution >= 0.6 is 0 Å². The van der Waals surface area contributed by atoms with Gasteiger partial charge >= 0.3 is 5.97 Å². The molecule has 0 aliphatic carbocycles. The Bertz CT molecular complexity index is 1490. The number of esters is 1. The molecule has 0 aliphatic heterocycles. The maximum Gasteiger partial charge on any atom is 0.319 e. The van der Waals surface area contributed by atoms with Crippen molar-refractivity contribution >= 4 is 17.0 Å². The largest absolute Gasteiger partial charge is 0.468 e. The molecule has 0 saturated carbocycles. The van der Waals surface area contributed by atoms with Crippen LogP contribution in [0.1, 0.15) is 11.3 Å². The molecule has 0 unspecified atom stereocenters. The number of carbonyl (C=O) groups is 1. The molecular formula is C28H25N5O2. The third-order valence-electron chi connectivity index (χ3n) is 5.84. The van der Waals surface area contributed by atoms with E-state index in [1.807, 2.05) is 61.9 Å². The molecule has 0 spiro atoms. The zero-order valence-electron chi connectivity index (χ0n) is 19.6. The van der Waals surface area contributed by atoms with Crippen LogP contribution in [0.4, 0.5) is 0 Å². The van der Waals surface area contributed by atoms with Crippen molar-refractivity contribution in [1.29, 1.82) is 0 Å². The average Bonchev–Trinajstić information content (AvgIpc) is 3.37. The van der Waals surface area contributed by atoms with Crippen molar-refractivity contribution in [3.8, 4) is 33.6 Å². The van der Waals surface area contributed by atoms with Crippen LogP contribution < -0.4 is 5.32 Å². The number of aromatic nitrogens is 4. The summed E-state index contributed by atoms with van der Waals surface area (Å²) < 4.78 is 4.65. The summed E-state index contributed by atoms with van der Waals surface area (Å²) in [4.78, 5) is 28.5. The van der Waals surface area contributed by atoms with E-state index in [1.165, 1.54) is 7.11 Å². The molecule has 5 rings (SSSR count). The number of benzene rings is 1. The molecule has 5 aromatic rings. The molecule has 4 aromatic heterocycles. The highest BCUT2D eigenvalue weighted by atomic mass is 16.5. The highest BCUT2D eigenvalue weighted by Gasteiger charge is 2.13. The number of rotatable bonds is 7. The van der Waals surface area contributed by atoms with Crippen LogP contribution in [0.5, 0.6) is 0 Å². The van der Waals surface area contributed by atoms with E-state index in [9.17, 15) is 4.79 Å². The molecule has 1 aromatic carbocycles. The number of nitrogens with one attached hydrogen (secondary N) is 2. The van der Waals surface area contributed by atoms with Crippen molar-refractivity contribution in [3.05, 3.63) is 90.5 Å². The van der Waals surface area contributed by atoms with Crippen LogP contribution in [0.15, 0.2) is 79.3 Å². The Hall–Kier alpha value is -4.36. The number of fused-ring (bicyclic) bond motifs is 1. The van der Waals surface area contributed by atoms with E-state index in [2.05, 4.69) is 49.3 Å². The predicted octanol–water partition coefficient (Wildman–Crippen LogP) is 4.92. The number of hydrogen-bond acceptors (Lipinski definition) is 6. The Kier molecular flexibility index (Phi) is 6.32. The topological polar surface area (TPSA) is 92.8 Å². The molecule has 0 fully saturated rings. The first kappa shape index (κ1) is 22.4. The second-order valence-corrected chi connectivity index (χ2v) is 8.30. The van der Waals surface area contributed by atoms with Crippen LogP contribution in [-0.4, -0.2) is 39.6 Å². The molecule has 174 valence electrons. The number of aromatic amines is 1. The van der Waals surface area contributed by atoms with Gasteiger partial charge in [-0.25, -0.2) is 4.98 Å². The summed E-state index contributed by atoms with van der Waals surface area (Å²) in [5, 5.41) is 4.11. The average molecular weight is 464 g/mol. The molecule has 2 N–H and O–H groups in total. The SMILES string of the molecule is COC(=O)CNCc1ccc(-c2cncc(-c3cc(-c4cccc(C)n4)nc4[nH]ccc34)c2)cc1. The van der Waals surface area contributed by atoms with E-state index in [0.717, 1.165) is 55.9 Å². The molecular weight excluding hydrogens is 438 g/mol. The second kappa shape index (κ2) is 9.87. The molecule has 0 amide bonds. The molecule has 7 heteroatoms. The van der Waals surface area contributed by atoms with Crippen molar-refractivity contribution in [2.24, 2.45) is 0 Å². The minimum absolute atomic E-state index is 0.184. The smallest absolute Gasteiger partial charge is 0.319 e. The Morgan fingerprint density at radius 2 is 1.77 bits per heavy atom. The van der Waals surface area contributed by atoms with Gasteiger partial charge in [-0.15, -0.1) is 0 Å². The first-order valence-corrected chi connectivity index (χ1v) is 11.3. The van der Waals surface area contributed by atoms with E-state index in [4.69, 9.17) is 4.98 Å². The van der Waals surface area contributed by atoms with Crippen molar-refractivity contribution in [3.63, 3.8) is 0 Å². The lowest BCUT2D eigenvalue weighted by atomic mass is 9.99. The Morgan fingerprint density at radius 3 is 2.57 bits per heavy atom. The van der Waals surface area contributed by atoms with Crippen molar-refractivity contribution in [2.75, 3.05) is 13.7 Å². The fourth-order valence-electron chi connectivity index (χ4n) is 4.03. The Morgan fingerprint density at radius 1 is 0.943 bits per heavy atom. The van der Waals surface area contributed by atoms with Gasteiger partial charge in [-0.05, 0) is 53.9 Å². The maximum atomic E-state index is 11.3. The highest BCUT2D eigenvalue weighted by molar-refractivity contribution is 5.95. The lowest BCUT2D eigenvalue weighted by Gasteiger charge is -2.10. The van der Waals surface area contributed by atoms with Gasteiger partial charge in [0.1, 0.15) is 5.65 Å². The zero-order chi connectivity index (χ0) is 24.2. The summed E-state index contributed by atoms with van der Waals surface area (Å²) in [6.45, 7) is 2.75. The first-order valence-electron chi connectivity index (χ1n) is 11.3. The van der Waals surface area contributed by atoms with Gasteiger partial charge in [0.05, 0.1) is 25.0 Å². The summed E-state index contributed by atoms with van der Waals surface area (Å²) in [6.07, 6.45) is 5.65. The predicted molar refractivity (Wildman–Crippen MR) is 136 cm³/mol. The van der Waals surface area contributed by atoms with E-state index >= 15 is 0 Å². The van der Waals surface area contributed by atoms with Crippen molar-refractivity contribution < 1.29 is 9.53 Å². The monoisotopic (exact) mass is 463 g/mol. The van der Waals surface area contributed by atoms with E-state index in [1.54, 1.807) is 0 Å². The molecule has 0 bridgehead atoms. The normalized spacial score (nSPS) is 11.0. The second-order valence-electron chi connectivity index (χ2n) is 8.30. The molecule has 0 saturated heterocycles. The molecule has 0 atom stereocenters. The third-order valence-corrected chi connectivity index (χ3v) is 5.84. The fourth-order valence-corrected chi connectivity index (χ4v) is 4.03. The van der Waals surface area contributed by atoms with Crippen LogP contribution in [0.25, 0.3) is 44.7 Å². The first-order chi connectivity index (χ1) is 17.1. The molecule has 0 aliphatic rings.